The van der Waals surface area contributed by atoms with E-state index in [1.54, 1.807) is 0 Å². The number of anilines is 2. The molecule has 4 nitrogen and oxygen atoms in total. The molecule has 2 amide bonds. The fraction of sp³-hybridized carbons (Fsp3) is 0.130. The Morgan fingerprint density at radius 3 is 2.05 bits per heavy atom. The van der Waals surface area contributed by atoms with Crippen LogP contribution in [0.5, 0.6) is 0 Å². The molecule has 1 saturated carbocycles. The van der Waals surface area contributed by atoms with Gasteiger partial charge in [-0.05, 0) is 48.0 Å². The Bertz CT molecular complexity index is 1470. The van der Waals surface area contributed by atoms with Crippen LogP contribution in [0.15, 0.2) is 65.6 Å². The average Bonchev–Trinajstić information content (AvgIpc) is 3.37. The van der Waals surface area contributed by atoms with Gasteiger partial charge in [0.2, 0.25) is 5.91 Å². The lowest BCUT2D eigenvalue weighted by molar-refractivity contribution is -0.117. The van der Waals surface area contributed by atoms with E-state index in [0.29, 0.717) is 6.07 Å². The molecular weight excluding hydrogens is 608 g/mol. The fourth-order valence-electron chi connectivity index (χ4n) is 3.78. The maximum Gasteiger partial charge on any atom is 0.310 e. The Hall–Kier alpha value is -2.67. The van der Waals surface area contributed by atoms with Gasteiger partial charge in [-0.3, -0.25) is 9.59 Å². The molecule has 0 aliphatic heterocycles. The van der Waals surface area contributed by atoms with Gasteiger partial charge in [-0.2, -0.15) is 0 Å². The zero-order valence-corrected chi connectivity index (χ0v) is 21.5. The second-order valence-corrected chi connectivity index (χ2v) is 12.7. The lowest BCUT2D eigenvalue weighted by Gasteiger charge is -2.40. The third-order valence-electron chi connectivity index (χ3n) is 5.68. The van der Waals surface area contributed by atoms with E-state index in [1.165, 1.54) is 12.1 Å². The average molecular weight is 622 g/mol. The molecule has 0 bridgehead atoms. The molecule has 0 heterocycles. The molecule has 2 unspecified atom stereocenters. The van der Waals surface area contributed by atoms with Crippen molar-refractivity contribution in [1.82, 2.24) is 0 Å². The van der Waals surface area contributed by atoms with E-state index >= 15 is 0 Å². The van der Waals surface area contributed by atoms with Gasteiger partial charge in [0.15, 0.2) is 0 Å². The van der Waals surface area contributed by atoms with Gasteiger partial charge in [-0.25, -0.2) is 8.78 Å². The van der Waals surface area contributed by atoms with Crippen molar-refractivity contribution in [3.8, 4) is 0 Å². The molecule has 1 aliphatic rings. The van der Waals surface area contributed by atoms with Crippen LogP contribution in [0.25, 0.3) is 0 Å². The quantitative estimate of drug-likeness (QED) is 0.213. The number of halogens is 10. The fourth-order valence-corrected chi connectivity index (χ4v) is 5.46. The monoisotopic (exact) mass is 620 g/mol. The van der Waals surface area contributed by atoms with Crippen molar-refractivity contribution >= 4 is 68.2 Å². The molecule has 1 aliphatic carbocycles. The SMILES string of the molecule is O=C(Nc1ccc(F)cc1F)c1cc(NC(=O)C2C(c3ccc(S(F)(F)(F)(F)F)cc3)C2(Cl)Cl)ccc1Cl. The predicted octanol–water partition coefficient (Wildman–Crippen LogP) is 9.05. The minimum Gasteiger partial charge on any atom is -0.326 e. The number of alkyl halides is 2. The number of carbonyl (C=O) groups is 2. The van der Waals surface area contributed by atoms with Gasteiger partial charge in [0, 0.05) is 17.7 Å². The lowest BCUT2D eigenvalue weighted by Crippen LogP contribution is -2.18. The largest absolute Gasteiger partial charge is 0.326 e. The van der Waals surface area contributed by atoms with Crippen LogP contribution < -0.4 is 10.6 Å². The number of carbonyl (C=O) groups excluding carboxylic acids is 2. The first kappa shape index (κ1) is 28.3. The summed E-state index contributed by atoms with van der Waals surface area (Å²) in [6, 6.07) is 8.15. The summed E-state index contributed by atoms with van der Waals surface area (Å²) in [5.74, 6) is -5.75. The molecule has 2 atom stereocenters. The molecule has 0 radical (unpaired) electrons. The van der Waals surface area contributed by atoms with Crippen LogP contribution in [0, 0.1) is 17.6 Å². The van der Waals surface area contributed by atoms with Crippen LogP contribution in [0.1, 0.15) is 21.8 Å². The van der Waals surface area contributed by atoms with Gasteiger partial charge in [-0.1, -0.05) is 43.2 Å². The molecule has 0 aromatic heterocycles. The number of rotatable bonds is 6. The van der Waals surface area contributed by atoms with Gasteiger partial charge in [0.1, 0.15) is 20.9 Å². The molecule has 2 N–H and O–H groups in total. The topological polar surface area (TPSA) is 58.2 Å². The standard InChI is InChI=1S/C23H14Cl3F7N2O2S/c24-16-7-4-13(10-15(16)21(36)35-18-8-3-12(27)9-17(18)28)34-22(37)20-19(23(20,25)26)11-1-5-14(6-2-11)38(29,30,31,32)33/h1-10,19-20H,(H,34,37)(H,35,36). The summed E-state index contributed by atoms with van der Waals surface area (Å²) in [7, 11) is -9.89. The van der Waals surface area contributed by atoms with E-state index in [9.17, 15) is 37.8 Å². The van der Waals surface area contributed by atoms with Gasteiger partial charge in [0.05, 0.1) is 22.2 Å². The first-order chi connectivity index (χ1) is 17.3. The molecule has 1 fully saturated rings. The number of amides is 2. The molecule has 3 aromatic carbocycles. The summed E-state index contributed by atoms with van der Waals surface area (Å²) in [5, 5.41) is 4.60. The van der Waals surface area contributed by atoms with E-state index in [1.807, 2.05) is 0 Å². The van der Waals surface area contributed by atoms with Gasteiger partial charge < -0.3 is 10.6 Å². The highest BCUT2D eigenvalue weighted by molar-refractivity contribution is 8.45. The number of nitrogens with one attached hydrogen (secondary N) is 2. The number of benzene rings is 3. The van der Waals surface area contributed by atoms with Crippen molar-refractivity contribution in [2.45, 2.75) is 15.1 Å². The first-order valence-corrected chi connectivity index (χ1v) is 13.4. The van der Waals surface area contributed by atoms with E-state index < -0.39 is 54.7 Å². The Morgan fingerprint density at radius 1 is 0.842 bits per heavy atom. The molecule has 4 rings (SSSR count). The van der Waals surface area contributed by atoms with Gasteiger partial charge in [0.25, 0.3) is 5.91 Å². The van der Waals surface area contributed by atoms with Crippen molar-refractivity contribution in [2.24, 2.45) is 5.92 Å². The summed E-state index contributed by atoms with van der Waals surface area (Å²) in [6.07, 6.45) is 0. The summed E-state index contributed by atoms with van der Waals surface area (Å²) in [6.45, 7) is 0. The molecule has 3 aromatic rings. The Kier molecular flexibility index (Phi) is 6.46. The Morgan fingerprint density at radius 2 is 1.47 bits per heavy atom. The molecule has 15 heteroatoms. The summed E-state index contributed by atoms with van der Waals surface area (Å²) in [4.78, 5) is 23.3. The maximum absolute atomic E-state index is 13.9. The first-order valence-electron chi connectivity index (χ1n) is 10.4. The van der Waals surface area contributed by atoms with Crippen molar-refractivity contribution in [1.29, 1.82) is 0 Å². The van der Waals surface area contributed by atoms with E-state index in [4.69, 9.17) is 34.8 Å². The van der Waals surface area contributed by atoms with Crippen molar-refractivity contribution in [3.05, 3.63) is 88.4 Å². The normalized spacial score (nSPS) is 20.2. The van der Waals surface area contributed by atoms with Crippen molar-refractivity contribution in [2.75, 3.05) is 10.6 Å². The molecular formula is C23H14Cl3F7N2O2S. The number of hydrogen-bond donors (Lipinski definition) is 2. The van der Waals surface area contributed by atoms with Crippen molar-refractivity contribution < 1.29 is 37.8 Å². The third kappa shape index (κ3) is 5.83. The van der Waals surface area contributed by atoms with Crippen LogP contribution in [0.4, 0.5) is 39.6 Å². The molecule has 0 saturated heterocycles. The van der Waals surface area contributed by atoms with Crippen LogP contribution >= 0.6 is 45.0 Å². The molecule has 204 valence electrons. The van der Waals surface area contributed by atoms with Gasteiger partial charge >= 0.3 is 10.2 Å². The highest BCUT2D eigenvalue weighted by Crippen LogP contribution is 3.02. The summed E-state index contributed by atoms with van der Waals surface area (Å²) in [5.41, 5.74) is -0.448. The highest BCUT2D eigenvalue weighted by atomic mass is 35.5. The Balaban J connectivity index is 1.50. The lowest BCUT2D eigenvalue weighted by atomic mass is 10.1. The third-order valence-corrected chi connectivity index (χ3v) is 8.11. The van der Waals surface area contributed by atoms with E-state index in [-0.39, 0.29) is 39.7 Å². The van der Waals surface area contributed by atoms with E-state index in [2.05, 4.69) is 10.6 Å². The Labute approximate surface area is 225 Å². The van der Waals surface area contributed by atoms with Crippen molar-refractivity contribution in [3.63, 3.8) is 0 Å². The minimum absolute atomic E-state index is 0.0262. The van der Waals surface area contributed by atoms with E-state index in [0.717, 1.165) is 30.3 Å². The zero-order valence-electron chi connectivity index (χ0n) is 18.4. The second-order valence-electron chi connectivity index (χ2n) is 8.43. The second kappa shape index (κ2) is 8.67. The maximum atomic E-state index is 13.9. The summed E-state index contributed by atoms with van der Waals surface area (Å²) < 4.78 is 90.1. The van der Waals surface area contributed by atoms with Crippen LogP contribution in [-0.4, -0.2) is 16.1 Å². The van der Waals surface area contributed by atoms with Gasteiger partial charge in [-0.15, -0.1) is 23.2 Å². The van der Waals surface area contributed by atoms with Crippen LogP contribution in [0.3, 0.4) is 0 Å². The smallest absolute Gasteiger partial charge is 0.310 e. The van der Waals surface area contributed by atoms with Crippen LogP contribution in [0.2, 0.25) is 5.02 Å². The summed E-state index contributed by atoms with van der Waals surface area (Å²) >= 11 is 18.4. The highest BCUT2D eigenvalue weighted by Gasteiger charge is 2.68. The number of hydrogen-bond acceptors (Lipinski definition) is 2. The predicted molar refractivity (Wildman–Crippen MR) is 133 cm³/mol. The molecule has 38 heavy (non-hydrogen) atoms. The zero-order chi connectivity index (χ0) is 28.3. The molecule has 0 spiro atoms. The minimum atomic E-state index is -9.89. The van der Waals surface area contributed by atoms with Crippen LogP contribution in [-0.2, 0) is 4.79 Å².